The van der Waals surface area contributed by atoms with Crippen LogP contribution in [0.3, 0.4) is 0 Å². The van der Waals surface area contributed by atoms with Gasteiger partial charge in [0.15, 0.2) is 0 Å². The van der Waals surface area contributed by atoms with E-state index in [2.05, 4.69) is 15.6 Å². The Labute approximate surface area is 115 Å². The third-order valence-electron chi connectivity index (χ3n) is 2.45. The van der Waals surface area contributed by atoms with Crippen molar-refractivity contribution in [3.05, 3.63) is 40.8 Å². The lowest BCUT2D eigenvalue weighted by Crippen LogP contribution is -2.27. The second kappa shape index (κ2) is 6.86. The number of thiazole rings is 1. The fraction of sp³-hybridized carbons (Fsp3) is 0.231. The number of methoxy groups -OCH3 is 1. The molecule has 1 aromatic carbocycles. The molecule has 0 unspecified atom stereocenters. The highest BCUT2D eigenvalue weighted by molar-refractivity contribution is 7.09. The van der Waals surface area contributed by atoms with E-state index >= 15 is 0 Å². The van der Waals surface area contributed by atoms with Crippen LogP contribution in [0.5, 0.6) is 5.75 Å². The van der Waals surface area contributed by atoms with Crippen LogP contribution in [0.25, 0.3) is 0 Å². The number of nitrogens with zero attached hydrogens (tertiary/aromatic N) is 1. The average molecular weight is 277 g/mol. The maximum absolute atomic E-state index is 11.8. The molecule has 0 atom stereocenters. The zero-order chi connectivity index (χ0) is 13.5. The highest BCUT2D eigenvalue weighted by Gasteiger charge is 2.06. The third-order valence-corrected chi connectivity index (χ3v) is 3.23. The Morgan fingerprint density at radius 1 is 1.42 bits per heavy atom. The summed E-state index contributed by atoms with van der Waals surface area (Å²) >= 11 is 1.56. The van der Waals surface area contributed by atoms with Gasteiger partial charge in [0, 0.05) is 17.6 Å². The number of rotatable bonds is 6. The molecule has 5 nitrogen and oxygen atoms in total. The lowest BCUT2D eigenvalue weighted by molar-refractivity contribution is -0.115. The molecule has 19 heavy (non-hydrogen) atoms. The first kappa shape index (κ1) is 13.5. The number of benzene rings is 1. The molecule has 6 heteroatoms. The maximum Gasteiger partial charge on any atom is 0.238 e. The zero-order valence-corrected chi connectivity index (χ0v) is 11.4. The van der Waals surface area contributed by atoms with Crippen molar-refractivity contribution in [2.75, 3.05) is 19.0 Å². The molecule has 2 aromatic rings. The highest BCUT2D eigenvalue weighted by atomic mass is 32.1. The molecule has 0 aliphatic carbocycles. The molecule has 0 radical (unpaired) electrons. The van der Waals surface area contributed by atoms with Crippen molar-refractivity contribution in [3.63, 3.8) is 0 Å². The van der Waals surface area contributed by atoms with Crippen LogP contribution in [0.1, 0.15) is 4.88 Å². The molecule has 1 aromatic heterocycles. The lowest BCUT2D eigenvalue weighted by Gasteiger charge is -2.09. The molecular weight excluding hydrogens is 262 g/mol. The Kier molecular flexibility index (Phi) is 4.88. The molecule has 0 aliphatic rings. The Bertz CT molecular complexity index is 528. The normalized spacial score (nSPS) is 10.2. The smallest absolute Gasteiger partial charge is 0.238 e. The number of nitrogens with one attached hydrogen (secondary N) is 2. The van der Waals surface area contributed by atoms with Gasteiger partial charge in [-0.05, 0) is 12.1 Å². The summed E-state index contributed by atoms with van der Waals surface area (Å²) in [5, 5.41) is 5.87. The van der Waals surface area contributed by atoms with Gasteiger partial charge in [-0.1, -0.05) is 12.1 Å². The molecule has 1 heterocycles. The van der Waals surface area contributed by atoms with E-state index in [0.717, 1.165) is 4.88 Å². The predicted octanol–water partition coefficient (Wildman–Crippen LogP) is 1.88. The van der Waals surface area contributed by atoms with Gasteiger partial charge in [0.1, 0.15) is 5.75 Å². The van der Waals surface area contributed by atoms with Crippen LogP contribution in [0.4, 0.5) is 5.69 Å². The number of anilines is 1. The highest BCUT2D eigenvalue weighted by Crippen LogP contribution is 2.22. The molecule has 0 aliphatic heterocycles. The van der Waals surface area contributed by atoms with Crippen LogP contribution in [0, 0.1) is 0 Å². The number of amides is 1. The summed E-state index contributed by atoms with van der Waals surface area (Å²) in [5.74, 6) is 0.548. The number of hydrogen-bond donors (Lipinski definition) is 2. The zero-order valence-electron chi connectivity index (χ0n) is 10.6. The van der Waals surface area contributed by atoms with Gasteiger partial charge in [-0.25, -0.2) is 0 Å². The van der Waals surface area contributed by atoms with Gasteiger partial charge >= 0.3 is 0 Å². The largest absolute Gasteiger partial charge is 0.495 e. The quantitative estimate of drug-likeness (QED) is 0.846. The predicted molar refractivity (Wildman–Crippen MR) is 75.4 cm³/mol. The minimum atomic E-state index is -0.103. The van der Waals surface area contributed by atoms with Crippen molar-refractivity contribution >= 4 is 22.9 Å². The van der Waals surface area contributed by atoms with Gasteiger partial charge in [0.25, 0.3) is 0 Å². The molecule has 2 N–H and O–H groups in total. The SMILES string of the molecule is COc1ccccc1NC(=O)CNCc1cncs1. The summed E-state index contributed by atoms with van der Waals surface area (Å²) in [6, 6.07) is 7.32. The summed E-state index contributed by atoms with van der Waals surface area (Å²) in [6.07, 6.45) is 1.79. The van der Waals surface area contributed by atoms with Crippen molar-refractivity contribution in [1.29, 1.82) is 0 Å². The Hall–Kier alpha value is -1.92. The van der Waals surface area contributed by atoms with E-state index in [-0.39, 0.29) is 12.5 Å². The molecule has 2 rings (SSSR count). The van der Waals surface area contributed by atoms with Crippen LogP contribution in [-0.2, 0) is 11.3 Å². The van der Waals surface area contributed by atoms with Crippen LogP contribution in [-0.4, -0.2) is 24.5 Å². The van der Waals surface area contributed by atoms with E-state index in [1.54, 1.807) is 42.3 Å². The fourth-order valence-electron chi connectivity index (χ4n) is 1.57. The molecule has 0 spiro atoms. The van der Waals surface area contributed by atoms with Crippen LogP contribution in [0.15, 0.2) is 36.0 Å². The van der Waals surface area contributed by atoms with E-state index in [9.17, 15) is 4.79 Å². The summed E-state index contributed by atoms with van der Waals surface area (Å²) < 4.78 is 5.17. The molecular formula is C13H15N3O2S. The Morgan fingerprint density at radius 2 is 2.26 bits per heavy atom. The lowest BCUT2D eigenvalue weighted by atomic mass is 10.3. The molecule has 0 saturated carbocycles. The Balaban J connectivity index is 1.80. The van der Waals surface area contributed by atoms with Gasteiger partial charge in [-0.2, -0.15) is 0 Å². The number of carbonyl (C=O) groups excluding carboxylic acids is 1. The van der Waals surface area contributed by atoms with Crippen molar-refractivity contribution in [3.8, 4) is 5.75 Å². The third kappa shape index (κ3) is 4.04. The minimum Gasteiger partial charge on any atom is -0.495 e. The van der Waals surface area contributed by atoms with Gasteiger partial charge < -0.3 is 15.4 Å². The van der Waals surface area contributed by atoms with E-state index in [1.165, 1.54) is 0 Å². The number of ether oxygens (including phenoxy) is 1. The average Bonchev–Trinajstić information content (AvgIpc) is 2.92. The first-order chi connectivity index (χ1) is 9.29. The van der Waals surface area contributed by atoms with Crippen LogP contribution >= 0.6 is 11.3 Å². The standard InChI is InChI=1S/C13H15N3O2S/c1-18-12-5-3-2-4-11(12)16-13(17)8-14-6-10-7-15-9-19-10/h2-5,7,9,14H,6,8H2,1H3,(H,16,17). The van der Waals surface area contributed by atoms with Gasteiger partial charge in [0.05, 0.1) is 24.9 Å². The first-order valence-electron chi connectivity index (χ1n) is 5.80. The number of aromatic nitrogens is 1. The number of hydrogen-bond acceptors (Lipinski definition) is 5. The van der Waals surface area contributed by atoms with Crippen molar-refractivity contribution in [2.45, 2.75) is 6.54 Å². The van der Waals surface area contributed by atoms with Crippen molar-refractivity contribution in [2.24, 2.45) is 0 Å². The number of para-hydroxylation sites is 2. The summed E-state index contributed by atoms with van der Waals surface area (Å²) in [7, 11) is 1.58. The van der Waals surface area contributed by atoms with Crippen LogP contribution in [0.2, 0.25) is 0 Å². The molecule has 100 valence electrons. The van der Waals surface area contributed by atoms with E-state index < -0.39 is 0 Å². The van der Waals surface area contributed by atoms with Gasteiger partial charge in [-0.15, -0.1) is 11.3 Å². The second-order valence-electron chi connectivity index (χ2n) is 3.82. The van der Waals surface area contributed by atoms with E-state index in [0.29, 0.717) is 18.0 Å². The molecule has 0 saturated heterocycles. The summed E-state index contributed by atoms with van der Waals surface area (Å²) in [6.45, 7) is 0.889. The van der Waals surface area contributed by atoms with Gasteiger partial charge in [0.2, 0.25) is 5.91 Å². The minimum absolute atomic E-state index is 0.103. The van der Waals surface area contributed by atoms with Crippen molar-refractivity contribution in [1.82, 2.24) is 10.3 Å². The van der Waals surface area contributed by atoms with E-state index in [4.69, 9.17) is 4.74 Å². The second-order valence-corrected chi connectivity index (χ2v) is 4.79. The van der Waals surface area contributed by atoms with Crippen molar-refractivity contribution < 1.29 is 9.53 Å². The molecule has 1 amide bonds. The first-order valence-corrected chi connectivity index (χ1v) is 6.68. The Morgan fingerprint density at radius 3 is 3.00 bits per heavy atom. The summed E-state index contributed by atoms with van der Waals surface area (Å²) in [5.41, 5.74) is 2.45. The molecule has 0 fully saturated rings. The van der Waals surface area contributed by atoms with Gasteiger partial charge in [-0.3, -0.25) is 9.78 Å². The fourth-order valence-corrected chi connectivity index (χ4v) is 2.14. The maximum atomic E-state index is 11.8. The molecule has 0 bridgehead atoms. The van der Waals surface area contributed by atoms with Crippen LogP contribution < -0.4 is 15.4 Å². The summed E-state index contributed by atoms with van der Waals surface area (Å²) in [4.78, 5) is 16.8. The topological polar surface area (TPSA) is 63.2 Å². The number of carbonyl (C=O) groups is 1. The monoisotopic (exact) mass is 277 g/mol. The van der Waals surface area contributed by atoms with E-state index in [1.807, 2.05) is 12.1 Å².